The largest absolute Gasteiger partial charge is 0.479 e. The molecular formula is C14H10ClF3N2O2S. The fourth-order valence-corrected chi connectivity index (χ4v) is 2.60. The summed E-state index contributed by atoms with van der Waals surface area (Å²) >= 11 is 6.02. The quantitative estimate of drug-likeness (QED) is 0.605. The molecule has 0 atom stereocenters. The Kier molecular flexibility index (Phi) is 5.34. The Balaban J connectivity index is 2.54. The molecule has 1 aromatic heterocycles. The maximum atomic E-state index is 14.1. The van der Waals surface area contributed by atoms with E-state index in [0.29, 0.717) is 0 Å². The second-order valence-electron chi connectivity index (χ2n) is 4.28. The van der Waals surface area contributed by atoms with Gasteiger partial charge in [0, 0.05) is 19.3 Å². The van der Waals surface area contributed by atoms with E-state index >= 15 is 0 Å². The van der Waals surface area contributed by atoms with Crippen LogP contribution in [-0.4, -0.2) is 21.5 Å². The number of hydrogen-bond donors (Lipinski definition) is 0. The second kappa shape index (κ2) is 7.06. The highest BCUT2D eigenvalue weighted by molar-refractivity contribution is 7.99. The lowest BCUT2D eigenvalue weighted by Crippen LogP contribution is -2.21. The lowest BCUT2D eigenvalue weighted by molar-refractivity contribution is 0.251. The lowest BCUT2D eigenvalue weighted by atomic mass is 10.3. The molecule has 0 saturated carbocycles. The second-order valence-corrected chi connectivity index (χ2v) is 5.70. The Bertz CT molecular complexity index is 827. The molecule has 1 aromatic carbocycles. The smallest absolute Gasteiger partial charge is 0.333 e. The van der Waals surface area contributed by atoms with Crippen molar-refractivity contribution in [3.8, 4) is 23.8 Å². The van der Waals surface area contributed by atoms with Gasteiger partial charge in [0.2, 0.25) is 0 Å². The van der Waals surface area contributed by atoms with Crippen molar-refractivity contribution in [2.75, 3.05) is 6.61 Å². The van der Waals surface area contributed by atoms with Crippen molar-refractivity contribution in [3.05, 3.63) is 39.7 Å². The van der Waals surface area contributed by atoms with E-state index in [1.54, 1.807) is 0 Å². The van der Waals surface area contributed by atoms with Crippen LogP contribution in [0.2, 0.25) is 5.02 Å². The summed E-state index contributed by atoms with van der Waals surface area (Å²) in [7, 11) is 1.31. The zero-order chi connectivity index (χ0) is 17.1. The van der Waals surface area contributed by atoms with E-state index in [9.17, 15) is 18.0 Å². The van der Waals surface area contributed by atoms with Crippen molar-refractivity contribution >= 4 is 23.4 Å². The molecule has 0 radical (unpaired) electrons. The zero-order valence-corrected chi connectivity index (χ0v) is 13.3. The van der Waals surface area contributed by atoms with Gasteiger partial charge in [-0.3, -0.25) is 9.13 Å². The number of aromatic nitrogens is 2. The van der Waals surface area contributed by atoms with Gasteiger partial charge in [-0.2, -0.15) is 8.78 Å². The maximum Gasteiger partial charge on any atom is 0.333 e. The van der Waals surface area contributed by atoms with Crippen LogP contribution < -0.4 is 10.4 Å². The fraction of sp³-hybridized carbons (Fsp3) is 0.214. The standard InChI is InChI=1S/C14H10ClF3N2O2S/c1-3-4-22-11-6-10(9(16)5-8(11)15)20-7-12(23-13(17)18)19(2)14(20)21/h1,5-7,13H,4H2,2H3. The van der Waals surface area contributed by atoms with Crippen LogP contribution in [0.4, 0.5) is 13.2 Å². The predicted octanol–water partition coefficient (Wildman–Crippen LogP) is 3.30. The summed E-state index contributed by atoms with van der Waals surface area (Å²) in [5.41, 5.74) is -0.861. The van der Waals surface area contributed by atoms with Gasteiger partial charge < -0.3 is 4.74 Å². The van der Waals surface area contributed by atoms with Crippen molar-refractivity contribution in [3.63, 3.8) is 0 Å². The molecule has 2 rings (SSSR count). The third-order valence-corrected chi connectivity index (χ3v) is 3.94. The molecule has 0 amide bonds. The minimum atomic E-state index is -2.71. The van der Waals surface area contributed by atoms with E-state index < -0.39 is 17.3 Å². The summed E-state index contributed by atoms with van der Waals surface area (Å²) < 4.78 is 46.2. The Morgan fingerprint density at radius 1 is 1.48 bits per heavy atom. The molecule has 23 heavy (non-hydrogen) atoms. The van der Waals surface area contributed by atoms with Gasteiger partial charge in [0.15, 0.2) is 0 Å². The van der Waals surface area contributed by atoms with Crippen molar-refractivity contribution in [2.24, 2.45) is 7.05 Å². The van der Waals surface area contributed by atoms with Crippen LogP contribution in [0.3, 0.4) is 0 Å². The van der Waals surface area contributed by atoms with Gasteiger partial charge in [-0.25, -0.2) is 9.18 Å². The average Bonchev–Trinajstić information content (AvgIpc) is 2.74. The van der Waals surface area contributed by atoms with Gasteiger partial charge in [-0.1, -0.05) is 17.5 Å². The number of alkyl halides is 2. The van der Waals surface area contributed by atoms with E-state index in [2.05, 4.69) is 5.92 Å². The van der Waals surface area contributed by atoms with Gasteiger partial charge in [0.05, 0.1) is 10.7 Å². The molecule has 0 bridgehead atoms. The molecule has 1 heterocycles. The number of halogens is 4. The summed E-state index contributed by atoms with van der Waals surface area (Å²) in [6, 6.07) is 2.15. The minimum absolute atomic E-state index is 0.00885. The number of rotatable bonds is 5. The molecule has 2 aromatic rings. The Morgan fingerprint density at radius 2 is 2.17 bits per heavy atom. The molecule has 122 valence electrons. The number of thioether (sulfide) groups is 1. The number of nitrogens with zero attached hydrogens (tertiary/aromatic N) is 2. The fourth-order valence-electron chi connectivity index (χ4n) is 1.81. The van der Waals surface area contributed by atoms with E-state index in [1.807, 2.05) is 0 Å². The third kappa shape index (κ3) is 3.68. The molecule has 0 aliphatic rings. The Labute approximate surface area is 138 Å². The molecule has 0 saturated heterocycles. The van der Waals surface area contributed by atoms with Crippen molar-refractivity contribution in [2.45, 2.75) is 10.8 Å². The summed E-state index contributed by atoms with van der Waals surface area (Å²) in [6.45, 7) is -0.0963. The first-order valence-corrected chi connectivity index (χ1v) is 7.39. The molecule has 0 unspecified atom stereocenters. The topological polar surface area (TPSA) is 36.2 Å². The first-order valence-electron chi connectivity index (χ1n) is 6.14. The van der Waals surface area contributed by atoms with Crippen LogP contribution >= 0.6 is 23.4 Å². The van der Waals surface area contributed by atoms with Crippen molar-refractivity contribution in [1.29, 1.82) is 0 Å². The highest BCUT2D eigenvalue weighted by Gasteiger charge is 2.18. The first-order chi connectivity index (χ1) is 10.8. The van der Waals surface area contributed by atoms with Crippen molar-refractivity contribution < 1.29 is 17.9 Å². The normalized spacial score (nSPS) is 10.8. The van der Waals surface area contributed by atoms with Crippen LogP contribution in [0.1, 0.15) is 0 Å². The molecule has 4 nitrogen and oxygen atoms in total. The molecule has 0 aliphatic carbocycles. The van der Waals surface area contributed by atoms with E-state index in [4.69, 9.17) is 22.8 Å². The number of ether oxygens (including phenoxy) is 1. The number of hydrogen-bond acceptors (Lipinski definition) is 3. The highest BCUT2D eigenvalue weighted by Crippen LogP contribution is 2.30. The summed E-state index contributed by atoms with van der Waals surface area (Å²) in [5, 5.41) is -0.0295. The van der Waals surface area contributed by atoms with Crippen LogP contribution in [0.25, 0.3) is 5.69 Å². The van der Waals surface area contributed by atoms with Gasteiger partial charge in [-0.15, -0.1) is 6.42 Å². The number of imidazole rings is 1. The van der Waals surface area contributed by atoms with E-state index in [-0.39, 0.29) is 39.9 Å². The van der Waals surface area contributed by atoms with E-state index in [1.165, 1.54) is 13.1 Å². The number of benzene rings is 1. The van der Waals surface area contributed by atoms with Gasteiger partial charge >= 0.3 is 5.69 Å². The Morgan fingerprint density at radius 3 is 2.78 bits per heavy atom. The van der Waals surface area contributed by atoms with Crippen LogP contribution in [0, 0.1) is 18.2 Å². The highest BCUT2D eigenvalue weighted by atomic mass is 35.5. The number of terminal acetylenes is 1. The van der Waals surface area contributed by atoms with Gasteiger partial charge in [0.25, 0.3) is 5.76 Å². The van der Waals surface area contributed by atoms with Crippen molar-refractivity contribution in [1.82, 2.24) is 9.13 Å². The first kappa shape index (κ1) is 17.4. The summed E-state index contributed by atoms with van der Waals surface area (Å²) in [5.74, 6) is -1.20. The molecule has 0 N–H and O–H groups in total. The molecular weight excluding hydrogens is 353 g/mol. The maximum absolute atomic E-state index is 14.1. The van der Waals surface area contributed by atoms with Crippen LogP contribution in [0.5, 0.6) is 5.75 Å². The third-order valence-electron chi connectivity index (χ3n) is 2.84. The molecule has 0 aliphatic heterocycles. The van der Waals surface area contributed by atoms with Crippen LogP contribution in [0.15, 0.2) is 28.2 Å². The van der Waals surface area contributed by atoms with Crippen LogP contribution in [-0.2, 0) is 7.05 Å². The molecule has 9 heteroatoms. The SMILES string of the molecule is C#CCOc1cc(-n2cc(SC(F)F)n(C)c2=O)c(F)cc1Cl. The summed E-state index contributed by atoms with van der Waals surface area (Å²) in [6.07, 6.45) is 6.20. The van der Waals surface area contributed by atoms with Gasteiger partial charge in [0.1, 0.15) is 23.2 Å². The average molecular weight is 363 g/mol. The molecule has 0 fully saturated rings. The van der Waals surface area contributed by atoms with E-state index in [0.717, 1.165) is 21.4 Å². The summed E-state index contributed by atoms with van der Waals surface area (Å²) in [4.78, 5) is 12.1. The zero-order valence-electron chi connectivity index (χ0n) is 11.7. The predicted molar refractivity (Wildman–Crippen MR) is 82.2 cm³/mol. The monoisotopic (exact) mass is 362 g/mol. The Hall–Kier alpha value is -1.98. The minimum Gasteiger partial charge on any atom is -0.479 e. The lowest BCUT2D eigenvalue weighted by Gasteiger charge is -2.09. The van der Waals surface area contributed by atoms with Gasteiger partial charge in [-0.05, 0) is 17.8 Å². The molecule has 0 spiro atoms.